The fourth-order valence-corrected chi connectivity index (χ4v) is 2.19. The van der Waals surface area contributed by atoms with Gasteiger partial charge < -0.3 is 24.3 Å². The molecule has 0 spiro atoms. The molecule has 21 heavy (non-hydrogen) atoms. The molecule has 3 rings (SSSR count). The van der Waals surface area contributed by atoms with Crippen molar-refractivity contribution in [2.45, 2.75) is 13.5 Å². The fourth-order valence-electron chi connectivity index (χ4n) is 2.19. The Hall–Kier alpha value is -2.63. The van der Waals surface area contributed by atoms with Gasteiger partial charge in [0.25, 0.3) is 0 Å². The highest BCUT2D eigenvalue weighted by Gasteiger charge is 2.14. The zero-order valence-electron chi connectivity index (χ0n) is 11.5. The minimum Gasteiger partial charge on any atom is -0.486 e. The standard InChI is InChI=1S/C15H15NO5/c1-9-12(15(17)18)7-11(21-9)8-16-10-2-3-13-14(6-10)20-5-4-19-13/h2-3,6-7,16H,4-5,8H2,1H3,(H,17,18). The summed E-state index contributed by atoms with van der Waals surface area (Å²) in [6.07, 6.45) is 0. The molecule has 6 nitrogen and oxygen atoms in total. The van der Waals surface area contributed by atoms with Gasteiger partial charge in [-0.1, -0.05) is 0 Å². The second-order valence-corrected chi connectivity index (χ2v) is 4.70. The Morgan fingerprint density at radius 3 is 2.71 bits per heavy atom. The topological polar surface area (TPSA) is 80.9 Å². The molecule has 0 saturated heterocycles. The summed E-state index contributed by atoms with van der Waals surface area (Å²) in [5.74, 6) is 1.42. The van der Waals surface area contributed by atoms with Crippen molar-refractivity contribution in [1.29, 1.82) is 0 Å². The van der Waals surface area contributed by atoms with Crippen LogP contribution in [0.25, 0.3) is 0 Å². The molecule has 0 atom stereocenters. The predicted octanol–water partition coefficient (Wildman–Crippen LogP) is 2.67. The number of carbonyl (C=O) groups is 1. The van der Waals surface area contributed by atoms with Crippen LogP contribution in [0.4, 0.5) is 5.69 Å². The van der Waals surface area contributed by atoms with Gasteiger partial charge in [-0.2, -0.15) is 0 Å². The van der Waals surface area contributed by atoms with E-state index >= 15 is 0 Å². The summed E-state index contributed by atoms with van der Waals surface area (Å²) in [6, 6.07) is 7.10. The van der Waals surface area contributed by atoms with Crippen molar-refractivity contribution in [3.63, 3.8) is 0 Å². The van der Waals surface area contributed by atoms with Crippen LogP contribution in [0.1, 0.15) is 21.9 Å². The van der Waals surface area contributed by atoms with E-state index in [9.17, 15) is 4.79 Å². The minimum atomic E-state index is -0.984. The first kappa shape index (κ1) is 13.4. The third-order valence-electron chi connectivity index (χ3n) is 3.21. The summed E-state index contributed by atoms with van der Waals surface area (Å²) in [5, 5.41) is 12.2. The lowest BCUT2D eigenvalue weighted by Crippen LogP contribution is -2.15. The number of furan rings is 1. The Morgan fingerprint density at radius 1 is 1.24 bits per heavy atom. The second-order valence-electron chi connectivity index (χ2n) is 4.70. The number of carboxylic acid groups (broad SMARTS) is 1. The highest BCUT2D eigenvalue weighted by atomic mass is 16.6. The number of carboxylic acids is 1. The minimum absolute atomic E-state index is 0.189. The largest absolute Gasteiger partial charge is 0.486 e. The molecule has 2 heterocycles. The maximum absolute atomic E-state index is 11.0. The van der Waals surface area contributed by atoms with Crippen LogP contribution < -0.4 is 14.8 Å². The lowest BCUT2D eigenvalue weighted by atomic mass is 10.2. The zero-order chi connectivity index (χ0) is 14.8. The first-order valence-corrected chi connectivity index (χ1v) is 6.59. The fraction of sp³-hybridized carbons (Fsp3) is 0.267. The number of fused-ring (bicyclic) bond motifs is 1. The van der Waals surface area contributed by atoms with Crippen LogP contribution in [0.3, 0.4) is 0 Å². The van der Waals surface area contributed by atoms with Crippen LogP contribution >= 0.6 is 0 Å². The molecule has 1 aromatic heterocycles. The van der Waals surface area contributed by atoms with E-state index in [1.807, 2.05) is 18.2 Å². The summed E-state index contributed by atoms with van der Waals surface area (Å²) in [6.45, 7) is 3.13. The van der Waals surface area contributed by atoms with E-state index in [-0.39, 0.29) is 5.56 Å². The van der Waals surface area contributed by atoms with Crippen molar-refractivity contribution in [3.05, 3.63) is 41.3 Å². The molecular weight excluding hydrogens is 274 g/mol. The molecule has 0 saturated carbocycles. The molecule has 6 heteroatoms. The molecule has 0 unspecified atom stereocenters. The van der Waals surface area contributed by atoms with Crippen molar-refractivity contribution in [1.82, 2.24) is 0 Å². The molecule has 110 valence electrons. The van der Waals surface area contributed by atoms with Crippen molar-refractivity contribution < 1.29 is 23.8 Å². The number of aryl methyl sites for hydroxylation is 1. The van der Waals surface area contributed by atoms with Gasteiger partial charge in [0.1, 0.15) is 30.3 Å². The summed E-state index contributed by atoms with van der Waals surface area (Å²) >= 11 is 0. The molecule has 1 aliphatic heterocycles. The highest BCUT2D eigenvalue weighted by Crippen LogP contribution is 2.32. The number of aromatic carboxylic acids is 1. The molecular formula is C15H15NO5. The first-order chi connectivity index (χ1) is 10.1. The molecule has 2 N–H and O–H groups in total. The molecule has 1 aliphatic rings. The third kappa shape index (κ3) is 2.79. The Labute approximate surface area is 121 Å². The molecule has 0 fully saturated rings. The van der Waals surface area contributed by atoms with Crippen molar-refractivity contribution in [3.8, 4) is 11.5 Å². The van der Waals surface area contributed by atoms with Crippen molar-refractivity contribution >= 4 is 11.7 Å². The second kappa shape index (κ2) is 5.40. The number of benzene rings is 1. The van der Waals surface area contributed by atoms with Crippen LogP contribution in [0.2, 0.25) is 0 Å². The van der Waals surface area contributed by atoms with E-state index in [1.165, 1.54) is 6.07 Å². The average molecular weight is 289 g/mol. The van der Waals surface area contributed by atoms with Crippen molar-refractivity contribution in [2.75, 3.05) is 18.5 Å². The van der Waals surface area contributed by atoms with E-state index in [1.54, 1.807) is 6.92 Å². The molecule has 0 amide bonds. The summed E-state index contributed by atoms with van der Waals surface area (Å²) in [4.78, 5) is 11.0. The Balaban J connectivity index is 1.70. The normalized spacial score (nSPS) is 13.0. The summed E-state index contributed by atoms with van der Waals surface area (Å²) in [7, 11) is 0. The van der Waals surface area contributed by atoms with Gasteiger partial charge in [0.15, 0.2) is 11.5 Å². The van der Waals surface area contributed by atoms with E-state index in [4.69, 9.17) is 19.0 Å². The van der Waals surface area contributed by atoms with Gasteiger partial charge >= 0.3 is 5.97 Å². The van der Waals surface area contributed by atoms with E-state index < -0.39 is 5.97 Å². The van der Waals surface area contributed by atoms with Crippen LogP contribution in [-0.4, -0.2) is 24.3 Å². The van der Waals surface area contributed by atoms with Crippen LogP contribution in [0.15, 0.2) is 28.7 Å². The number of rotatable bonds is 4. The third-order valence-corrected chi connectivity index (χ3v) is 3.21. The van der Waals surface area contributed by atoms with E-state index in [0.29, 0.717) is 37.0 Å². The Morgan fingerprint density at radius 2 is 2.00 bits per heavy atom. The maximum atomic E-state index is 11.0. The average Bonchev–Trinajstić information content (AvgIpc) is 2.86. The number of hydrogen-bond acceptors (Lipinski definition) is 5. The predicted molar refractivity (Wildman–Crippen MR) is 75.2 cm³/mol. The van der Waals surface area contributed by atoms with Gasteiger partial charge in [-0.3, -0.25) is 0 Å². The van der Waals surface area contributed by atoms with E-state index in [2.05, 4.69) is 5.32 Å². The van der Waals surface area contributed by atoms with Crippen LogP contribution in [-0.2, 0) is 6.54 Å². The SMILES string of the molecule is Cc1oc(CNc2ccc3c(c2)OCCO3)cc1C(=O)O. The zero-order valence-corrected chi connectivity index (χ0v) is 11.5. The molecule has 0 bridgehead atoms. The molecule has 1 aromatic carbocycles. The Bertz CT molecular complexity index is 677. The van der Waals surface area contributed by atoms with Crippen LogP contribution in [0.5, 0.6) is 11.5 Å². The van der Waals surface area contributed by atoms with Gasteiger partial charge in [0, 0.05) is 11.8 Å². The number of hydrogen-bond donors (Lipinski definition) is 2. The van der Waals surface area contributed by atoms with E-state index in [0.717, 1.165) is 11.4 Å². The Kier molecular flexibility index (Phi) is 3.43. The monoisotopic (exact) mass is 289 g/mol. The smallest absolute Gasteiger partial charge is 0.339 e. The molecule has 0 aliphatic carbocycles. The molecule has 2 aromatic rings. The van der Waals surface area contributed by atoms with Gasteiger partial charge in [-0.05, 0) is 25.1 Å². The van der Waals surface area contributed by atoms with Gasteiger partial charge in [0.2, 0.25) is 0 Å². The van der Waals surface area contributed by atoms with Gasteiger partial charge in [-0.15, -0.1) is 0 Å². The summed E-state index contributed by atoms with van der Waals surface area (Å²) in [5.41, 5.74) is 1.04. The van der Waals surface area contributed by atoms with Gasteiger partial charge in [-0.25, -0.2) is 4.79 Å². The van der Waals surface area contributed by atoms with Gasteiger partial charge in [0.05, 0.1) is 6.54 Å². The number of nitrogens with one attached hydrogen (secondary N) is 1. The quantitative estimate of drug-likeness (QED) is 0.900. The lowest BCUT2D eigenvalue weighted by Gasteiger charge is -2.19. The number of anilines is 1. The summed E-state index contributed by atoms with van der Waals surface area (Å²) < 4.78 is 16.4. The lowest BCUT2D eigenvalue weighted by molar-refractivity contribution is 0.0695. The van der Waals surface area contributed by atoms with Crippen LogP contribution in [0, 0.1) is 6.92 Å². The first-order valence-electron chi connectivity index (χ1n) is 6.59. The highest BCUT2D eigenvalue weighted by molar-refractivity contribution is 5.88. The maximum Gasteiger partial charge on any atom is 0.339 e. The van der Waals surface area contributed by atoms with Crippen molar-refractivity contribution in [2.24, 2.45) is 0 Å². The number of ether oxygens (including phenoxy) is 2. The molecule has 0 radical (unpaired) electrons.